The van der Waals surface area contributed by atoms with E-state index >= 15 is 0 Å². The molecule has 0 unspecified atom stereocenters. The van der Waals surface area contributed by atoms with E-state index in [-0.39, 0.29) is 5.41 Å². The number of nitrogens with two attached hydrogens (primary N) is 1. The standard InChI is InChI=1S/C13H14BrIN4/c1-13(2,3)10-9(15)11(16)19-12(18-10)8-5-4-7(14)6-17-8/h4-6H,1-3H3,(H2,16,18,19). The highest BCUT2D eigenvalue weighted by atomic mass is 127. The molecule has 2 aromatic heterocycles. The topological polar surface area (TPSA) is 64.7 Å². The number of hydrogen-bond acceptors (Lipinski definition) is 4. The molecule has 0 amide bonds. The van der Waals surface area contributed by atoms with Crippen LogP contribution in [-0.4, -0.2) is 15.0 Å². The van der Waals surface area contributed by atoms with Gasteiger partial charge in [0.1, 0.15) is 11.5 Å². The second kappa shape index (κ2) is 5.32. The maximum atomic E-state index is 5.99. The highest BCUT2D eigenvalue weighted by Gasteiger charge is 2.22. The summed E-state index contributed by atoms with van der Waals surface area (Å²) in [5.41, 5.74) is 7.57. The molecule has 19 heavy (non-hydrogen) atoms. The molecule has 2 rings (SSSR count). The largest absolute Gasteiger partial charge is 0.383 e. The average Bonchev–Trinajstić information content (AvgIpc) is 2.32. The predicted molar refractivity (Wildman–Crippen MR) is 88.8 cm³/mol. The summed E-state index contributed by atoms with van der Waals surface area (Å²) in [7, 11) is 0. The molecule has 0 atom stereocenters. The molecule has 0 fully saturated rings. The first-order chi connectivity index (χ1) is 8.79. The zero-order chi connectivity index (χ0) is 14.2. The third kappa shape index (κ3) is 3.22. The lowest BCUT2D eigenvalue weighted by Crippen LogP contribution is -2.18. The number of pyridine rings is 1. The minimum Gasteiger partial charge on any atom is -0.383 e. The van der Waals surface area contributed by atoms with E-state index in [0.717, 1.165) is 19.4 Å². The Morgan fingerprint density at radius 3 is 2.42 bits per heavy atom. The molecule has 4 nitrogen and oxygen atoms in total. The Morgan fingerprint density at radius 2 is 1.89 bits per heavy atom. The summed E-state index contributed by atoms with van der Waals surface area (Å²) in [5.74, 6) is 1.07. The average molecular weight is 433 g/mol. The third-order valence-corrected chi connectivity index (χ3v) is 4.08. The van der Waals surface area contributed by atoms with Gasteiger partial charge in [0.25, 0.3) is 0 Å². The van der Waals surface area contributed by atoms with Crippen molar-refractivity contribution in [2.24, 2.45) is 0 Å². The zero-order valence-corrected chi connectivity index (χ0v) is 14.7. The monoisotopic (exact) mass is 432 g/mol. The lowest BCUT2D eigenvalue weighted by atomic mass is 9.92. The fraction of sp³-hybridized carbons (Fsp3) is 0.308. The van der Waals surface area contributed by atoms with Gasteiger partial charge < -0.3 is 5.73 Å². The number of halogens is 2. The summed E-state index contributed by atoms with van der Waals surface area (Å²) >= 11 is 5.55. The predicted octanol–water partition coefficient (Wildman–Crippen LogP) is 3.79. The van der Waals surface area contributed by atoms with Gasteiger partial charge in [-0.15, -0.1) is 0 Å². The van der Waals surface area contributed by atoms with Crippen molar-refractivity contribution >= 4 is 44.3 Å². The van der Waals surface area contributed by atoms with E-state index < -0.39 is 0 Å². The normalized spacial score (nSPS) is 11.6. The van der Waals surface area contributed by atoms with Gasteiger partial charge in [-0.3, -0.25) is 4.98 Å². The van der Waals surface area contributed by atoms with Gasteiger partial charge in [-0.25, -0.2) is 9.97 Å². The summed E-state index contributed by atoms with van der Waals surface area (Å²) < 4.78 is 1.83. The number of hydrogen-bond donors (Lipinski definition) is 1. The second-order valence-corrected chi connectivity index (χ2v) is 7.20. The maximum absolute atomic E-state index is 5.99. The zero-order valence-electron chi connectivity index (χ0n) is 10.9. The molecule has 0 aromatic carbocycles. The van der Waals surface area contributed by atoms with Crippen LogP contribution in [-0.2, 0) is 5.41 Å². The van der Waals surface area contributed by atoms with E-state index in [9.17, 15) is 0 Å². The van der Waals surface area contributed by atoms with Crippen molar-refractivity contribution in [3.63, 3.8) is 0 Å². The molecule has 0 saturated heterocycles. The summed E-state index contributed by atoms with van der Waals surface area (Å²) in [6, 6.07) is 3.79. The number of anilines is 1. The molecule has 0 aliphatic rings. The molecule has 0 saturated carbocycles. The molecule has 2 aromatic rings. The minimum atomic E-state index is -0.0856. The number of nitrogens with zero attached hydrogens (tertiary/aromatic N) is 3. The fourth-order valence-electron chi connectivity index (χ4n) is 1.58. The van der Waals surface area contributed by atoms with Crippen LogP contribution >= 0.6 is 38.5 Å². The lowest BCUT2D eigenvalue weighted by molar-refractivity contribution is 0.564. The highest BCUT2D eigenvalue weighted by molar-refractivity contribution is 14.1. The highest BCUT2D eigenvalue weighted by Crippen LogP contribution is 2.30. The Hall–Kier alpha value is -0.760. The Morgan fingerprint density at radius 1 is 1.21 bits per heavy atom. The minimum absolute atomic E-state index is 0.0856. The van der Waals surface area contributed by atoms with Crippen LogP contribution in [0, 0.1) is 3.57 Å². The van der Waals surface area contributed by atoms with Crippen molar-refractivity contribution in [1.82, 2.24) is 15.0 Å². The quantitative estimate of drug-likeness (QED) is 0.696. The number of rotatable bonds is 1. The molecule has 0 spiro atoms. The molecule has 2 N–H and O–H groups in total. The van der Waals surface area contributed by atoms with Crippen LogP contribution in [0.15, 0.2) is 22.8 Å². The van der Waals surface area contributed by atoms with Crippen LogP contribution in [0.3, 0.4) is 0 Å². The summed E-state index contributed by atoms with van der Waals surface area (Å²) in [4.78, 5) is 13.3. The summed E-state index contributed by atoms with van der Waals surface area (Å²) in [5, 5.41) is 0. The molecule has 0 aliphatic heterocycles. The molecular weight excluding hydrogens is 419 g/mol. The van der Waals surface area contributed by atoms with E-state index in [4.69, 9.17) is 5.73 Å². The van der Waals surface area contributed by atoms with Crippen molar-refractivity contribution in [3.8, 4) is 11.5 Å². The van der Waals surface area contributed by atoms with Crippen LogP contribution in [0.4, 0.5) is 5.82 Å². The lowest BCUT2D eigenvalue weighted by Gasteiger charge is -2.20. The Kier molecular flexibility index (Phi) is 4.10. The second-order valence-electron chi connectivity index (χ2n) is 5.21. The molecule has 0 bridgehead atoms. The van der Waals surface area contributed by atoms with Crippen LogP contribution in [0.5, 0.6) is 0 Å². The van der Waals surface area contributed by atoms with E-state index in [2.05, 4.69) is 74.2 Å². The van der Waals surface area contributed by atoms with Crippen molar-refractivity contribution in [2.75, 3.05) is 5.73 Å². The van der Waals surface area contributed by atoms with Crippen LogP contribution in [0.1, 0.15) is 26.5 Å². The Bertz CT molecular complexity index is 605. The van der Waals surface area contributed by atoms with Crippen LogP contribution in [0.2, 0.25) is 0 Å². The first kappa shape index (κ1) is 14.6. The molecular formula is C13H14BrIN4. The van der Waals surface area contributed by atoms with Gasteiger partial charge in [-0.05, 0) is 50.7 Å². The first-order valence-corrected chi connectivity index (χ1v) is 7.61. The van der Waals surface area contributed by atoms with Crippen molar-refractivity contribution in [3.05, 3.63) is 32.1 Å². The van der Waals surface area contributed by atoms with Gasteiger partial charge in [-0.2, -0.15) is 0 Å². The van der Waals surface area contributed by atoms with Crippen molar-refractivity contribution in [1.29, 1.82) is 0 Å². The molecule has 6 heteroatoms. The van der Waals surface area contributed by atoms with E-state index in [0.29, 0.717) is 11.6 Å². The molecule has 0 aliphatic carbocycles. The van der Waals surface area contributed by atoms with Gasteiger partial charge >= 0.3 is 0 Å². The van der Waals surface area contributed by atoms with E-state index in [1.807, 2.05) is 12.1 Å². The maximum Gasteiger partial charge on any atom is 0.180 e. The number of aromatic nitrogens is 3. The summed E-state index contributed by atoms with van der Waals surface area (Å²) in [6.07, 6.45) is 1.73. The Balaban J connectivity index is 2.60. The van der Waals surface area contributed by atoms with Gasteiger partial charge in [0.2, 0.25) is 0 Å². The van der Waals surface area contributed by atoms with E-state index in [1.54, 1.807) is 6.20 Å². The van der Waals surface area contributed by atoms with Gasteiger partial charge in [0, 0.05) is 16.1 Å². The molecule has 2 heterocycles. The summed E-state index contributed by atoms with van der Waals surface area (Å²) in [6.45, 7) is 6.32. The molecule has 100 valence electrons. The number of nitrogen functional groups attached to an aromatic ring is 1. The van der Waals surface area contributed by atoms with Crippen LogP contribution in [0.25, 0.3) is 11.5 Å². The third-order valence-electron chi connectivity index (χ3n) is 2.54. The van der Waals surface area contributed by atoms with Crippen molar-refractivity contribution in [2.45, 2.75) is 26.2 Å². The Labute approximate surface area is 134 Å². The van der Waals surface area contributed by atoms with Crippen molar-refractivity contribution < 1.29 is 0 Å². The van der Waals surface area contributed by atoms with Gasteiger partial charge in [-0.1, -0.05) is 20.8 Å². The molecule has 0 radical (unpaired) electrons. The fourth-order valence-corrected chi connectivity index (χ4v) is 2.87. The van der Waals surface area contributed by atoms with Gasteiger partial charge in [0.15, 0.2) is 5.82 Å². The van der Waals surface area contributed by atoms with Gasteiger partial charge in [0.05, 0.1) is 9.26 Å². The smallest absolute Gasteiger partial charge is 0.180 e. The SMILES string of the molecule is CC(C)(C)c1nc(-c2ccc(Br)cn2)nc(N)c1I. The van der Waals surface area contributed by atoms with E-state index in [1.165, 1.54) is 0 Å². The van der Waals surface area contributed by atoms with Crippen LogP contribution < -0.4 is 5.73 Å². The first-order valence-electron chi connectivity index (χ1n) is 5.74.